The fourth-order valence-electron chi connectivity index (χ4n) is 2.20. The highest BCUT2D eigenvalue weighted by Crippen LogP contribution is 2.22. The molecule has 0 saturated carbocycles. The quantitative estimate of drug-likeness (QED) is 0.761. The zero-order valence-electron chi connectivity index (χ0n) is 12.1. The van der Waals surface area contributed by atoms with Crippen LogP contribution in [0.5, 0.6) is 0 Å². The molecule has 1 aromatic carbocycles. The minimum Gasteiger partial charge on any atom is -0.354 e. The van der Waals surface area contributed by atoms with Crippen molar-refractivity contribution in [3.8, 4) is 10.6 Å². The number of hydrogen-bond acceptors (Lipinski definition) is 3. The number of thiophene rings is 1. The van der Waals surface area contributed by atoms with Gasteiger partial charge >= 0.3 is 0 Å². The Kier molecular flexibility index (Phi) is 4.65. The Hall–Kier alpha value is -2.40. The molecule has 0 radical (unpaired) electrons. The zero-order chi connectivity index (χ0) is 15.2. The highest BCUT2D eigenvalue weighted by molar-refractivity contribution is 7.13. The second-order valence-corrected chi connectivity index (χ2v) is 5.91. The van der Waals surface area contributed by atoms with Crippen molar-refractivity contribution in [1.29, 1.82) is 0 Å². The Morgan fingerprint density at radius 2 is 2.00 bits per heavy atom. The van der Waals surface area contributed by atoms with Crippen LogP contribution in [0, 0.1) is 0 Å². The predicted molar refractivity (Wildman–Crippen MR) is 88.7 cm³/mol. The van der Waals surface area contributed by atoms with E-state index >= 15 is 0 Å². The van der Waals surface area contributed by atoms with E-state index in [4.69, 9.17) is 0 Å². The van der Waals surface area contributed by atoms with Crippen LogP contribution in [-0.4, -0.2) is 22.2 Å². The molecule has 5 heteroatoms. The Morgan fingerprint density at radius 3 is 2.77 bits per heavy atom. The lowest BCUT2D eigenvalue weighted by atomic mass is 10.1. The highest BCUT2D eigenvalue weighted by Gasteiger charge is 2.06. The van der Waals surface area contributed by atoms with E-state index in [0.29, 0.717) is 6.54 Å². The minimum atomic E-state index is -0.0169. The molecular weight excluding hydrogens is 294 g/mol. The van der Waals surface area contributed by atoms with E-state index in [-0.39, 0.29) is 12.5 Å². The number of nitrogens with one attached hydrogen (secondary N) is 1. The summed E-state index contributed by atoms with van der Waals surface area (Å²) in [6.07, 6.45) is 2.68. The average molecular weight is 311 g/mol. The van der Waals surface area contributed by atoms with Crippen molar-refractivity contribution < 1.29 is 4.79 Å². The van der Waals surface area contributed by atoms with Crippen LogP contribution in [0.2, 0.25) is 0 Å². The van der Waals surface area contributed by atoms with Crippen LogP contribution in [0.15, 0.2) is 60.1 Å². The van der Waals surface area contributed by atoms with Gasteiger partial charge in [-0.3, -0.25) is 9.48 Å². The highest BCUT2D eigenvalue weighted by atomic mass is 32.1. The Labute approximate surface area is 133 Å². The normalized spacial score (nSPS) is 10.5. The topological polar surface area (TPSA) is 46.9 Å². The molecule has 0 aliphatic heterocycles. The number of nitrogens with zero attached hydrogens (tertiary/aromatic N) is 2. The van der Waals surface area contributed by atoms with E-state index in [1.165, 1.54) is 5.56 Å². The first-order valence-electron chi connectivity index (χ1n) is 7.19. The number of carbonyl (C=O) groups excluding carboxylic acids is 1. The van der Waals surface area contributed by atoms with Crippen molar-refractivity contribution in [3.63, 3.8) is 0 Å². The number of benzene rings is 1. The van der Waals surface area contributed by atoms with Gasteiger partial charge in [0.2, 0.25) is 5.91 Å². The molecule has 1 N–H and O–H groups in total. The Morgan fingerprint density at radius 1 is 1.14 bits per heavy atom. The van der Waals surface area contributed by atoms with Gasteiger partial charge in [0.25, 0.3) is 0 Å². The van der Waals surface area contributed by atoms with E-state index in [9.17, 15) is 4.79 Å². The van der Waals surface area contributed by atoms with E-state index in [1.54, 1.807) is 16.0 Å². The molecule has 1 amide bonds. The van der Waals surface area contributed by atoms with Gasteiger partial charge < -0.3 is 5.32 Å². The van der Waals surface area contributed by atoms with Crippen LogP contribution in [-0.2, 0) is 17.8 Å². The fourth-order valence-corrected chi connectivity index (χ4v) is 2.89. The summed E-state index contributed by atoms with van der Waals surface area (Å²) < 4.78 is 1.67. The van der Waals surface area contributed by atoms with Gasteiger partial charge in [0.1, 0.15) is 12.2 Å². The molecule has 2 aromatic heterocycles. The van der Waals surface area contributed by atoms with E-state index < -0.39 is 0 Å². The lowest BCUT2D eigenvalue weighted by molar-refractivity contribution is -0.121. The van der Waals surface area contributed by atoms with E-state index in [0.717, 1.165) is 17.0 Å². The summed E-state index contributed by atoms with van der Waals surface area (Å²) in [6, 6.07) is 16.1. The predicted octanol–water partition coefficient (Wildman–Crippen LogP) is 2.97. The van der Waals surface area contributed by atoms with Gasteiger partial charge in [-0.05, 0) is 29.5 Å². The monoisotopic (exact) mass is 311 g/mol. The van der Waals surface area contributed by atoms with Crippen molar-refractivity contribution >= 4 is 17.2 Å². The third-order valence-electron chi connectivity index (χ3n) is 3.30. The van der Waals surface area contributed by atoms with Crippen molar-refractivity contribution in [2.24, 2.45) is 0 Å². The lowest BCUT2D eigenvalue weighted by Gasteiger charge is -2.05. The summed E-state index contributed by atoms with van der Waals surface area (Å²) in [6.45, 7) is 0.891. The number of aromatic nitrogens is 2. The first-order valence-corrected chi connectivity index (χ1v) is 8.07. The smallest absolute Gasteiger partial charge is 0.241 e. The molecule has 0 saturated heterocycles. The molecule has 0 unspecified atom stereocenters. The summed E-state index contributed by atoms with van der Waals surface area (Å²) in [5.41, 5.74) is 2.13. The molecule has 0 aliphatic rings. The summed E-state index contributed by atoms with van der Waals surface area (Å²) in [4.78, 5) is 13.0. The molecule has 0 aliphatic carbocycles. The molecule has 2 heterocycles. The molecular formula is C17H17N3OS. The van der Waals surface area contributed by atoms with Crippen molar-refractivity contribution in [2.45, 2.75) is 13.0 Å². The van der Waals surface area contributed by atoms with Crippen LogP contribution in [0.1, 0.15) is 5.56 Å². The van der Waals surface area contributed by atoms with Gasteiger partial charge in [-0.2, -0.15) is 5.10 Å². The summed E-state index contributed by atoms with van der Waals surface area (Å²) in [5.74, 6) is -0.0169. The fraction of sp³-hybridized carbons (Fsp3) is 0.176. The van der Waals surface area contributed by atoms with Crippen molar-refractivity contribution in [3.05, 3.63) is 65.7 Å². The molecule has 4 nitrogen and oxygen atoms in total. The summed E-state index contributed by atoms with van der Waals surface area (Å²) >= 11 is 1.64. The maximum absolute atomic E-state index is 11.9. The van der Waals surface area contributed by atoms with Crippen LogP contribution >= 0.6 is 11.3 Å². The maximum atomic E-state index is 11.9. The first kappa shape index (κ1) is 14.5. The second kappa shape index (κ2) is 7.04. The van der Waals surface area contributed by atoms with Gasteiger partial charge in [0, 0.05) is 12.7 Å². The third kappa shape index (κ3) is 3.83. The van der Waals surface area contributed by atoms with Crippen LogP contribution < -0.4 is 5.32 Å². The summed E-state index contributed by atoms with van der Waals surface area (Å²) in [7, 11) is 0. The van der Waals surface area contributed by atoms with Crippen LogP contribution in [0.4, 0.5) is 0 Å². The van der Waals surface area contributed by atoms with E-state index in [1.807, 2.05) is 48.0 Å². The van der Waals surface area contributed by atoms with Gasteiger partial charge in [-0.25, -0.2) is 0 Å². The van der Waals surface area contributed by atoms with Gasteiger partial charge in [-0.15, -0.1) is 11.3 Å². The zero-order valence-corrected chi connectivity index (χ0v) is 12.9. The molecule has 0 spiro atoms. The van der Waals surface area contributed by atoms with Gasteiger partial charge in [0.15, 0.2) is 0 Å². The number of hydrogen-bond donors (Lipinski definition) is 1. The molecule has 3 rings (SSSR count). The molecule has 112 valence electrons. The minimum absolute atomic E-state index is 0.0169. The van der Waals surface area contributed by atoms with Crippen LogP contribution in [0.25, 0.3) is 10.6 Å². The largest absolute Gasteiger partial charge is 0.354 e. The van der Waals surface area contributed by atoms with Gasteiger partial charge in [0.05, 0.1) is 4.88 Å². The number of carbonyl (C=O) groups is 1. The van der Waals surface area contributed by atoms with Crippen LogP contribution in [0.3, 0.4) is 0 Å². The maximum Gasteiger partial charge on any atom is 0.241 e. The lowest BCUT2D eigenvalue weighted by Crippen LogP contribution is -2.29. The molecule has 0 bridgehead atoms. The van der Waals surface area contributed by atoms with Crippen molar-refractivity contribution in [1.82, 2.24) is 15.1 Å². The molecule has 0 atom stereocenters. The average Bonchev–Trinajstić information content (AvgIpc) is 3.19. The molecule has 0 fully saturated rings. The standard InChI is InChI=1S/C17H17N3OS/c21-17(18-10-8-14-5-2-1-3-6-14)13-20-11-9-15(19-20)16-7-4-12-22-16/h1-7,9,11-12H,8,10,13H2,(H,18,21). The summed E-state index contributed by atoms with van der Waals surface area (Å²) in [5, 5.41) is 9.37. The third-order valence-corrected chi connectivity index (χ3v) is 4.19. The second-order valence-electron chi connectivity index (χ2n) is 4.96. The van der Waals surface area contributed by atoms with Gasteiger partial charge in [-0.1, -0.05) is 36.4 Å². The SMILES string of the molecule is O=C(Cn1ccc(-c2cccs2)n1)NCCc1ccccc1. The molecule has 22 heavy (non-hydrogen) atoms. The molecule has 3 aromatic rings. The Balaban J connectivity index is 1.48. The first-order chi connectivity index (χ1) is 10.8. The number of rotatable bonds is 6. The van der Waals surface area contributed by atoms with Crippen molar-refractivity contribution in [2.75, 3.05) is 6.54 Å². The van der Waals surface area contributed by atoms with E-state index in [2.05, 4.69) is 22.5 Å². The Bertz CT molecular complexity index is 719. The number of amides is 1.